The molecule has 3 aromatic rings. The minimum atomic E-state index is -4.66. The molecule has 0 aliphatic heterocycles. The van der Waals surface area contributed by atoms with Crippen molar-refractivity contribution < 1.29 is 22.6 Å². The Balaban J connectivity index is 2.03. The Morgan fingerprint density at radius 3 is 2.39 bits per heavy atom. The number of nitrogens with zero attached hydrogens (tertiary/aromatic N) is 4. The van der Waals surface area contributed by atoms with Crippen molar-refractivity contribution in [1.29, 1.82) is 0 Å². The van der Waals surface area contributed by atoms with Crippen molar-refractivity contribution in [2.24, 2.45) is 0 Å². The Morgan fingerprint density at radius 2 is 1.79 bits per heavy atom. The number of anilines is 2. The Hall–Kier alpha value is -3.04. The van der Waals surface area contributed by atoms with Crippen molar-refractivity contribution in [3.05, 3.63) is 35.2 Å². The van der Waals surface area contributed by atoms with Gasteiger partial charge < -0.3 is 14.8 Å². The standard InChI is InChI=1S/C18H20F3N5O2/c1-9(2)28-13-7-6-12(8-14(13)27-5)22-15-10(3)11(4)16-23-24-17(18(19,20)21)26(16)25-15/h6-9H,1-5H3,(H,22,25). The Kier molecular flexibility index (Phi) is 5.05. The fraction of sp³-hybridized carbons (Fsp3) is 0.389. The van der Waals surface area contributed by atoms with E-state index in [1.54, 1.807) is 32.0 Å². The lowest BCUT2D eigenvalue weighted by atomic mass is 10.2. The smallest absolute Gasteiger partial charge is 0.453 e. The number of hydrogen-bond donors (Lipinski definition) is 1. The van der Waals surface area contributed by atoms with Gasteiger partial charge in [-0.2, -0.15) is 17.7 Å². The lowest BCUT2D eigenvalue weighted by Crippen LogP contribution is -2.14. The van der Waals surface area contributed by atoms with Crippen molar-refractivity contribution in [2.75, 3.05) is 12.4 Å². The van der Waals surface area contributed by atoms with Crippen LogP contribution in [0.4, 0.5) is 24.7 Å². The molecule has 0 saturated carbocycles. The molecule has 150 valence electrons. The summed E-state index contributed by atoms with van der Waals surface area (Å²) in [6.45, 7) is 7.22. The van der Waals surface area contributed by atoms with Gasteiger partial charge in [-0.25, -0.2) is 0 Å². The number of aryl methyl sites for hydroxylation is 1. The van der Waals surface area contributed by atoms with Crippen LogP contribution in [-0.2, 0) is 6.18 Å². The van der Waals surface area contributed by atoms with E-state index in [2.05, 4.69) is 20.6 Å². The summed E-state index contributed by atoms with van der Waals surface area (Å²) >= 11 is 0. The molecule has 0 atom stereocenters. The number of halogens is 3. The van der Waals surface area contributed by atoms with Crippen LogP contribution in [-0.4, -0.2) is 33.0 Å². The third-order valence-electron chi connectivity index (χ3n) is 4.14. The quantitative estimate of drug-likeness (QED) is 0.694. The summed E-state index contributed by atoms with van der Waals surface area (Å²) in [6.07, 6.45) is -4.69. The number of nitrogens with one attached hydrogen (secondary N) is 1. The van der Waals surface area contributed by atoms with Crippen molar-refractivity contribution in [1.82, 2.24) is 19.8 Å². The van der Waals surface area contributed by atoms with Crippen LogP contribution in [0.15, 0.2) is 18.2 Å². The van der Waals surface area contributed by atoms with Crippen molar-refractivity contribution >= 4 is 17.2 Å². The summed E-state index contributed by atoms with van der Waals surface area (Å²) in [6, 6.07) is 5.15. The van der Waals surface area contributed by atoms with E-state index in [1.165, 1.54) is 7.11 Å². The molecule has 2 aromatic heterocycles. The van der Waals surface area contributed by atoms with Crippen LogP contribution in [0.25, 0.3) is 5.65 Å². The average Bonchev–Trinajstić information content (AvgIpc) is 3.04. The Morgan fingerprint density at radius 1 is 1.07 bits per heavy atom. The summed E-state index contributed by atoms with van der Waals surface area (Å²) in [5, 5.41) is 14.0. The van der Waals surface area contributed by atoms with Gasteiger partial charge in [0, 0.05) is 22.9 Å². The van der Waals surface area contributed by atoms with Gasteiger partial charge in [0.2, 0.25) is 0 Å². The highest BCUT2D eigenvalue weighted by Crippen LogP contribution is 2.34. The lowest BCUT2D eigenvalue weighted by Gasteiger charge is -2.16. The second kappa shape index (κ2) is 7.17. The minimum absolute atomic E-state index is 0.0313. The molecular formula is C18H20F3N5O2. The second-order valence-electron chi connectivity index (χ2n) is 6.51. The number of alkyl halides is 3. The third-order valence-corrected chi connectivity index (χ3v) is 4.14. The first-order valence-corrected chi connectivity index (χ1v) is 8.53. The van der Waals surface area contributed by atoms with Gasteiger partial charge in [-0.15, -0.1) is 15.3 Å². The normalized spacial score (nSPS) is 11.9. The first-order chi connectivity index (χ1) is 13.1. The van der Waals surface area contributed by atoms with Gasteiger partial charge >= 0.3 is 6.18 Å². The van der Waals surface area contributed by atoms with E-state index in [0.29, 0.717) is 32.8 Å². The van der Waals surface area contributed by atoms with Gasteiger partial charge in [0.15, 0.2) is 23.0 Å². The van der Waals surface area contributed by atoms with Crippen LogP contribution in [0.2, 0.25) is 0 Å². The van der Waals surface area contributed by atoms with Gasteiger partial charge in [0.05, 0.1) is 13.2 Å². The predicted octanol–water partition coefficient (Wildman–Crippen LogP) is 4.30. The minimum Gasteiger partial charge on any atom is -0.493 e. The monoisotopic (exact) mass is 395 g/mol. The zero-order valence-electron chi connectivity index (χ0n) is 16.0. The van der Waals surface area contributed by atoms with Gasteiger partial charge in [-0.05, 0) is 39.8 Å². The molecule has 1 aromatic carbocycles. The number of methoxy groups -OCH3 is 1. The molecule has 10 heteroatoms. The molecule has 0 saturated heterocycles. The maximum Gasteiger partial charge on any atom is 0.453 e. The number of fused-ring (bicyclic) bond motifs is 1. The van der Waals surface area contributed by atoms with Gasteiger partial charge in [-0.1, -0.05) is 0 Å². The molecule has 0 unspecified atom stereocenters. The van der Waals surface area contributed by atoms with E-state index in [9.17, 15) is 13.2 Å². The molecule has 28 heavy (non-hydrogen) atoms. The van der Waals surface area contributed by atoms with E-state index in [0.717, 1.165) is 0 Å². The van der Waals surface area contributed by atoms with E-state index in [4.69, 9.17) is 9.47 Å². The third kappa shape index (κ3) is 3.67. The number of benzene rings is 1. The zero-order valence-corrected chi connectivity index (χ0v) is 16.0. The Labute approximate surface area is 159 Å². The van der Waals surface area contributed by atoms with Gasteiger partial charge in [0.25, 0.3) is 5.82 Å². The maximum atomic E-state index is 13.2. The second-order valence-corrected chi connectivity index (χ2v) is 6.51. The molecule has 7 nitrogen and oxygen atoms in total. The molecule has 0 radical (unpaired) electrons. The van der Waals surface area contributed by atoms with Crippen LogP contribution in [0.1, 0.15) is 30.8 Å². The zero-order chi connectivity index (χ0) is 20.6. The molecular weight excluding hydrogens is 375 g/mol. The Bertz CT molecular complexity index is 1010. The number of rotatable bonds is 5. The molecule has 0 bridgehead atoms. The number of hydrogen-bond acceptors (Lipinski definition) is 6. The topological polar surface area (TPSA) is 73.6 Å². The highest BCUT2D eigenvalue weighted by Gasteiger charge is 2.38. The molecule has 0 spiro atoms. The van der Waals surface area contributed by atoms with Crippen LogP contribution in [0.3, 0.4) is 0 Å². The molecule has 0 aliphatic carbocycles. The van der Waals surface area contributed by atoms with Crippen LogP contribution >= 0.6 is 0 Å². The van der Waals surface area contributed by atoms with Gasteiger partial charge in [-0.3, -0.25) is 0 Å². The summed E-state index contributed by atoms with van der Waals surface area (Å²) in [5.41, 5.74) is 1.86. The molecule has 3 rings (SSSR count). The summed E-state index contributed by atoms with van der Waals surface area (Å²) in [4.78, 5) is 0. The number of ether oxygens (including phenoxy) is 2. The lowest BCUT2D eigenvalue weighted by molar-refractivity contribution is -0.146. The van der Waals surface area contributed by atoms with Crippen LogP contribution in [0.5, 0.6) is 11.5 Å². The van der Waals surface area contributed by atoms with E-state index < -0.39 is 12.0 Å². The maximum absolute atomic E-state index is 13.2. The van der Waals surface area contributed by atoms with E-state index >= 15 is 0 Å². The summed E-state index contributed by atoms with van der Waals surface area (Å²) in [7, 11) is 1.51. The largest absolute Gasteiger partial charge is 0.493 e. The van der Waals surface area contributed by atoms with E-state index in [-0.39, 0.29) is 17.6 Å². The van der Waals surface area contributed by atoms with E-state index in [1.807, 2.05) is 13.8 Å². The average molecular weight is 395 g/mol. The SMILES string of the molecule is COc1cc(Nc2nn3c(C(F)(F)F)nnc3c(C)c2C)ccc1OC(C)C. The molecule has 1 N–H and O–H groups in total. The highest BCUT2D eigenvalue weighted by molar-refractivity contribution is 5.66. The molecule has 0 amide bonds. The van der Waals surface area contributed by atoms with Crippen molar-refractivity contribution in [2.45, 2.75) is 40.0 Å². The fourth-order valence-corrected chi connectivity index (χ4v) is 2.66. The van der Waals surface area contributed by atoms with Crippen molar-refractivity contribution in [3.63, 3.8) is 0 Å². The van der Waals surface area contributed by atoms with Gasteiger partial charge in [0.1, 0.15) is 0 Å². The molecule has 0 aliphatic rings. The first kappa shape index (κ1) is 19.7. The van der Waals surface area contributed by atoms with Crippen LogP contribution < -0.4 is 14.8 Å². The predicted molar refractivity (Wildman–Crippen MR) is 97.3 cm³/mol. The molecule has 0 fully saturated rings. The highest BCUT2D eigenvalue weighted by atomic mass is 19.4. The summed E-state index contributed by atoms with van der Waals surface area (Å²) in [5.74, 6) is 0.147. The van der Waals surface area contributed by atoms with Crippen LogP contribution in [0, 0.1) is 13.8 Å². The van der Waals surface area contributed by atoms with Crippen molar-refractivity contribution in [3.8, 4) is 11.5 Å². The first-order valence-electron chi connectivity index (χ1n) is 8.53. The number of aromatic nitrogens is 4. The summed E-state index contributed by atoms with van der Waals surface area (Å²) < 4.78 is 51.2. The fourth-order valence-electron chi connectivity index (χ4n) is 2.66. The molecule has 2 heterocycles.